The van der Waals surface area contributed by atoms with Crippen LogP contribution in [-0.2, 0) is 4.79 Å². The molecule has 1 unspecified atom stereocenters. The van der Waals surface area contributed by atoms with Crippen molar-refractivity contribution in [3.63, 3.8) is 0 Å². The van der Waals surface area contributed by atoms with E-state index in [1.807, 2.05) is 6.08 Å². The summed E-state index contributed by atoms with van der Waals surface area (Å²) < 4.78 is 0. The molecule has 0 aromatic heterocycles. The summed E-state index contributed by atoms with van der Waals surface area (Å²) in [7, 11) is 0. The Hall–Kier alpha value is -1.07. The highest BCUT2D eigenvalue weighted by Gasteiger charge is 2.58. The Kier molecular flexibility index (Phi) is 3.28. The van der Waals surface area contributed by atoms with Crippen molar-refractivity contribution in [3.05, 3.63) is 11.6 Å². The molecule has 0 spiro atoms. The lowest BCUT2D eigenvalue weighted by Crippen LogP contribution is -2.51. The third-order valence-corrected chi connectivity index (χ3v) is 7.52. The van der Waals surface area contributed by atoms with Crippen LogP contribution >= 0.6 is 0 Å². The van der Waals surface area contributed by atoms with Crippen LogP contribution in [0.2, 0.25) is 0 Å². The summed E-state index contributed by atoms with van der Waals surface area (Å²) >= 11 is 0. The molecular weight excluding hydrogens is 272 g/mol. The first kappa shape index (κ1) is 14.5. The Balaban J connectivity index is 1.68. The number of carbonyl (C=O) groups excluding carboxylic acids is 1. The molecular formula is C20H26O2. The molecule has 2 heteroatoms. The molecule has 4 rings (SSSR count). The van der Waals surface area contributed by atoms with Crippen molar-refractivity contribution in [3.8, 4) is 12.3 Å². The third-order valence-electron chi connectivity index (χ3n) is 7.52. The van der Waals surface area contributed by atoms with Gasteiger partial charge in [-0.15, -0.1) is 12.3 Å². The number of aliphatic hydroxyl groups excluding tert-OH is 1. The van der Waals surface area contributed by atoms with Crippen molar-refractivity contribution in [1.82, 2.24) is 0 Å². The zero-order valence-electron chi connectivity index (χ0n) is 13.4. The van der Waals surface area contributed by atoms with Crippen LogP contribution in [0.4, 0.5) is 0 Å². The zero-order chi connectivity index (χ0) is 15.5. The van der Waals surface area contributed by atoms with Crippen LogP contribution in [0.3, 0.4) is 0 Å². The smallest absolute Gasteiger partial charge is 0.155 e. The molecule has 0 aromatic rings. The van der Waals surface area contributed by atoms with E-state index in [-0.39, 0.29) is 17.3 Å². The number of aliphatic hydroxyl groups is 1. The number of terminal acetylenes is 1. The highest BCUT2D eigenvalue weighted by molar-refractivity contribution is 5.91. The van der Waals surface area contributed by atoms with E-state index in [9.17, 15) is 9.90 Å². The molecule has 0 aromatic carbocycles. The lowest BCUT2D eigenvalue weighted by Gasteiger charge is -2.55. The molecule has 0 amide bonds. The highest BCUT2D eigenvalue weighted by atomic mass is 16.3. The molecule has 4 aliphatic rings. The fourth-order valence-corrected chi connectivity index (χ4v) is 6.47. The summed E-state index contributed by atoms with van der Waals surface area (Å²) in [5, 5.41) is 10.8. The van der Waals surface area contributed by atoms with Crippen molar-refractivity contribution in [2.24, 2.45) is 35.0 Å². The zero-order valence-corrected chi connectivity index (χ0v) is 13.4. The fraction of sp³-hybridized carbons (Fsp3) is 0.750. The quantitative estimate of drug-likeness (QED) is 0.696. The van der Waals surface area contributed by atoms with Crippen molar-refractivity contribution < 1.29 is 9.90 Å². The minimum Gasteiger partial charge on any atom is -0.392 e. The summed E-state index contributed by atoms with van der Waals surface area (Å²) in [6.07, 6.45) is 14.4. The maximum atomic E-state index is 11.7. The van der Waals surface area contributed by atoms with Crippen molar-refractivity contribution >= 4 is 5.78 Å². The van der Waals surface area contributed by atoms with Crippen LogP contribution in [0.25, 0.3) is 0 Å². The van der Waals surface area contributed by atoms with Gasteiger partial charge in [0.15, 0.2) is 5.78 Å². The summed E-state index contributed by atoms with van der Waals surface area (Å²) in [5.74, 6) is 5.75. The van der Waals surface area contributed by atoms with Gasteiger partial charge in [-0.3, -0.25) is 4.79 Å². The first-order valence-corrected chi connectivity index (χ1v) is 8.92. The predicted octanol–water partition coefficient (Wildman–Crippen LogP) is 3.35. The summed E-state index contributed by atoms with van der Waals surface area (Å²) in [4.78, 5) is 11.7. The molecule has 3 fully saturated rings. The van der Waals surface area contributed by atoms with E-state index in [1.165, 1.54) is 24.8 Å². The Morgan fingerprint density at radius 1 is 1.32 bits per heavy atom. The molecule has 0 heterocycles. The van der Waals surface area contributed by atoms with E-state index < -0.39 is 0 Å². The van der Waals surface area contributed by atoms with Gasteiger partial charge in [0.05, 0.1) is 6.10 Å². The van der Waals surface area contributed by atoms with Gasteiger partial charge in [-0.05, 0) is 73.7 Å². The second kappa shape index (κ2) is 4.96. The second-order valence-corrected chi connectivity index (χ2v) is 8.29. The van der Waals surface area contributed by atoms with Crippen molar-refractivity contribution in [2.45, 2.75) is 58.0 Å². The van der Waals surface area contributed by atoms with Crippen LogP contribution in [0, 0.1) is 47.3 Å². The van der Waals surface area contributed by atoms with Crippen LogP contribution < -0.4 is 0 Å². The van der Waals surface area contributed by atoms with Gasteiger partial charge in [0.2, 0.25) is 0 Å². The number of ketones is 1. The average Bonchev–Trinajstić information content (AvgIpc) is 2.83. The van der Waals surface area contributed by atoms with Gasteiger partial charge < -0.3 is 5.11 Å². The number of rotatable bonds is 0. The van der Waals surface area contributed by atoms with Crippen LogP contribution in [-0.4, -0.2) is 17.0 Å². The number of carbonyl (C=O) groups is 1. The summed E-state index contributed by atoms with van der Waals surface area (Å²) in [6, 6.07) is 0. The standard InChI is InChI=1S/C20H26O2/c1-3-13-4-7-17-19-16(8-9-20(13,17)2)15-6-5-14(21)10-12(15)11-18(19)22/h1,10,13,15-19,22H,4-9,11H2,2H3/t13-,15-,16+,17-,18?,19+,20+/m0/s1. The molecule has 0 saturated heterocycles. The summed E-state index contributed by atoms with van der Waals surface area (Å²) in [5.41, 5.74) is 1.46. The SMILES string of the molecule is C#C[C@H]1CC[C@H]2[C@@H]3C(O)CC4=CC(=O)CC[C@@H]4[C@H]3CC[C@]12C. The van der Waals surface area contributed by atoms with Gasteiger partial charge in [-0.2, -0.15) is 0 Å². The lowest BCUT2D eigenvalue weighted by atomic mass is 9.50. The van der Waals surface area contributed by atoms with Crippen LogP contribution in [0.1, 0.15) is 51.9 Å². The molecule has 1 N–H and O–H groups in total. The van der Waals surface area contributed by atoms with Gasteiger partial charge in [-0.1, -0.05) is 12.5 Å². The van der Waals surface area contributed by atoms with E-state index in [4.69, 9.17) is 6.42 Å². The monoisotopic (exact) mass is 298 g/mol. The van der Waals surface area contributed by atoms with Gasteiger partial charge in [0, 0.05) is 12.3 Å². The van der Waals surface area contributed by atoms with Crippen LogP contribution in [0.5, 0.6) is 0 Å². The molecule has 0 bridgehead atoms. The van der Waals surface area contributed by atoms with E-state index in [0.717, 1.165) is 12.8 Å². The largest absolute Gasteiger partial charge is 0.392 e. The van der Waals surface area contributed by atoms with Gasteiger partial charge in [-0.25, -0.2) is 0 Å². The third kappa shape index (κ3) is 1.88. The number of fused-ring (bicyclic) bond motifs is 5. The molecule has 4 aliphatic carbocycles. The molecule has 7 atom stereocenters. The predicted molar refractivity (Wildman–Crippen MR) is 85.8 cm³/mol. The van der Waals surface area contributed by atoms with E-state index in [2.05, 4.69) is 12.8 Å². The maximum Gasteiger partial charge on any atom is 0.155 e. The lowest BCUT2D eigenvalue weighted by molar-refractivity contribution is -0.117. The minimum absolute atomic E-state index is 0.225. The Labute approximate surface area is 133 Å². The first-order chi connectivity index (χ1) is 10.5. The normalized spacial score (nSPS) is 50.4. The average molecular weight is 298 g/mol. The van der Waals surface area contributed by atoms with Gasteiger partial charge >= 0.3 is 0 Å². The first-order valence-electron chi connectivity index (χ1n) is 8.92. The highest BCUT2D eigenvalue weighted by Crippen LogP contribution is 2.63. The van der Waals surface area contributed by atoms with Crippen molar-refractivity contribution in [1.29, 1.82) is 0 Å². The molecule has 2 nitrogen and oxygen atoms in total. The minimum atomic E-state index is -0.278. The molecule has 118 valence electrons. The van der Waals surface area contributed by atoms with Gasteiger partial charge in [0.25, 0.3) is 0 Å². The Morgan fingerprint density at radius 2 is 2.14 bits per heavy atom. The molecule has 3 saturated carbocycles. The number of hydrogen-bond donors (Lipinski definition) is 1. The molecule has 22 heavy (non-hydrogen) atoms. The van der Waals surface area contributed by atoms with E-state index in [0.29, 0.717) is 42.4 Å². The Morgan fingerprint density at radius 3 is 2.91 bits per heavy atom. The Bertz CT molecular complexity index is 569. The molecule has 0 aliphatic heterocycles. The maximum absolute atomic E-state index is 11.7. The molecule has 0 radical (unpaired) electrons. The van der Waals surface area contributed by atoms with Crippen molar-refractivity contribution in [2.75, 3.05) is 0 Å². The fourth-order valence-electron chi connectivity index (χ4n) is 6.47. The van der Waals surface area contributed by atoms with Gasteiger partial charge in [0.1, 0.15) is 0 Å². The topological polar surface area (TPSA) is 37.3 Å². The second-order valence-electron chi connectivity index (χ2n) is 8.29. The van der Waals surface area contributed by atoms with Crippen LogP contribution in [0.15, 0.2) is 11.6 Å². The summed E-state index contributed by atoms with van der Waals surface area (Å²) in [6.45, 7) is 2.37. The number of hydrogen-bond acceptors (Lipinski definition) is 2. The van der Waals surface area contributed by atoms with E-state index in [1.54, 1.807) is 0 Å². The van der Waals surface area contributed by atoms with E-state index >= 15 is 0 Å².